The Morgan fingerprint density at radius 1 is 1.45 bits per heavy atom. The molecule has 0 radical (unpaired) electrons. The van der Waals surface area contributed by atoms with Gasteiger partial charge in [-0.25, -0.2) is 0 Å². The molecule has 1 atom stereocenters. The second-order valence-corrected chi connectivity index (χ2v) is 6.38. The maximum atomic E-state index is 12.4. The molecule has 0 aliphatic heterocycles. The zero-order chi connectivity index (χ0) is 14.8. The molecule has 1 unspecified atom stereocenters. The predicted molar refractivity (Wildman–Crippen MR) is 80.9 cm³/mol. The minimum atomic E-state index is -0.107. The van der Waals surface area contributed by atoms with Crippen LogP contribution in [0.3, 0.4) is 0 Å². The third-order valence-electron chi connectivity index (χ3n) is 4.05. The summed E-state index contributed by atoms with van der Waals surface area (Å²) in [5, 5.41) is 3.11. The monoisotopic (exact) mass is 276 g/mol. The first-order chi connectivity index (χ1) is 9.41. The number of hydrogen-bond donors (Lipinski definition) is 2. The minimum absolute atomic E-state index is 0.107. The summed E-state index contributed by atoms with van der Waals surface area (Å²) < 4.78 is 5.15. The Labute approximate surface area is 120 Å². The fourth-order valence-corrected chi connectivity index (χ4v) is 2.94. The highest BCUT2D eigenvalue weighted by molar-refractivity contribution is 5.99. The lowest BCUT2D eigenvalue weighted by Crippen LogP contribution is -2.40. The molecule has 1 aromatic carbocycles. The molecule has 0 bridgehead atoms. The lowest BCUT2D eigenvalue weighted by molar-refractivity contribution is 0.0903. The van der Waals surface area contributed by atoms with Crippen LogP contribution in [0.5, 0.6) is 5.75 Å². The van der Waals surface area contributed by atoms with Crippen LogP contribution in [0, 0.1) is 5.41 Å². The van der Waals surface area contributed by atoms with Crippen molar-refractivity contribution in [2.24, 2.45) is 5.41 Å². The van der Waals surface area contributed by atoms with E-state index in [1.807, 2.05) is 0 Å². The lowest BCUT2D eigenvalue weighted by Gasteiger charge is -2.35. The van der Waals surface area contributed by atoms with Crippen molar-refractivity contribution in [1.29, 1.82) is 0 Å². The molecule has 4 heteroatoms. The zero-order valence-electron chi connectivity index (χ0n) is 12.5. The van der Waals surface area contributed by atoms with Crippen LogP contribution in [0.15, 0.2) is 18.2 Å². The third kappa shape index (κ3) is 3.44. The van der Waals surface area contributed by atoms with Gasteiger partial charge in [0.05, 0.1) is 12.7 Å². The number of nitrogens with one attached hydrogen (secondary N) is 1. The van der Waals surface area contributed by atoms with Crippen LogP contribution in [0.25, 0.3) is 0 Å². The largest absolute Gasteiger partial charge is 0.497 e. The number of hydrogen-bond acceptors (Lipinski definition) is 3. The second kappa shape index (κ2) is 5.73. The van der Waals surface area contributed by atoms with Gasteiger partial charge in [0, 0.05) is 11.7 Å². The van der Waals surface area contributed by atoms with Gasteiger partial charge in [-0.05, 0) is 42.9 Å². The van der Waals surface area contributed by atoms with Crippen molar-refractivity contribution in [3.63, 3.8) is 0 Å². The van der Waals surface area contributed by atoms with Crippen LogP contribution in [0.4, 0.5) is 5.69 Å². The van der Waals surface area contributed by atoms with Gasteiger partial charge in [0.15, 0.2) is 0 Å². The molecular weight excluding hydrogens is 252 g/mol. The van der Waals surface area contributed by atoms with E-state index in [9.17, 15) is 4.79 Å². The Kier molecular flexibility index (Phi) is 4.21. The summed E-state index contributed by atoms with van der Waals surface area (Å²) in [4.78, 5) is 12.4. The smallest absolute Gasteiger partial charge is 0.253 e. The summed E-state index contributed by atoms with van der Waals surface area (Å²) in [7, 11) is 1.58. The molecule has 2 rings (SSSR count). The van der Waals surface area contributed by atoms with Crippen molar-refractivity contribution >= 4 is 11.6 Å². The van der Waals surface area contributed by atoms with E-state index in [-0.39, 0.29) is 11.9 Å². The number of rotatable bonds is 3. The van der Waals surface area contributed by atoms with Crippen molar-refractivity contribution in [3.8, 4) is 5.75 Å². The summed E-state index contributed by atoms with van der Waals surface area (Å²) in [6.45, 7) is 4.51. The van der Waals surface area contributed by atoms with Crippen molar-refractivity contribution in [1.82, 2.24) is 5.32 Å². The van der Waals surface area contributed by atoms with Gasteiger partial charge in [-0.15, -0.1) is 0 Å². The highest BCUT2D eigenvalue weighted by Crippen LogP contribution is 2.35. The first-order valence-electron chi connectivity index (χ1n) is 7.16. The van der Waals surface area contributed by atoms with E-state index in [4.69, 9.17) is 10.5 Å². The molecule has 4 nitrogen and oxygen atoms in total. The standard InChI is InChI=1S/C16H24N2O2/c1-16(2)8-4-5-11(10-16)18-15(19)13-9-12(20-3)6-7-14(13)17/h6-7,9,11H,4-5,8,10,17H2,1-3H3,(H,18,19). The zero-order valence-corrected chi connectivity index (χ0v) is 12.5. The molecule has 1 amide bonds. The molecule has 1 aromatic rings. The van der Waals surface area contributed by atoms with Gasteiger partial charge < -0.3 is 15.8 Å². The summed E-state index contributed by atoms with van der Waals surface area (Å²) in [5.74, 6) is 0.539. The van der Waals surface area contributed by atoms with Crippen molar-refractivity contribution < 1.29 is 9.53 Å². The van der Waals surface area contributed by atoms with Crippen LogP contribution >= 0.6 is 0 Å². The Morgan fingerprint density at radius 3 is 2.85 bits per heavy atom. The first-order valence-corrected chi connectivity index (χ1v) is 7.16. The van der Waals surface area contributed by atoms with Gasteiger partial charge in [-0.3, -0.25) is 4.79 Å². The van der Waals surface area contributed by atoms with Gasteiger partial charge >= 0.3 is 0 Å². The lowest BCUT2D eigenvalue weighted by atomic mass is 9.75. The predicted octanol–water partition coefficient (Wildman–Crippen LogP) is 2.98. The maximum Gasteiger partial charge on any atom is 0.253 e. The first kappa shape index (κ1) is 14.7. The van der Waals surface area contributed by atoms with Crippen molar-refractivity contribution in [2.45, 2.75) is 45.6 Å². The van der Waals surface area contributed by atoms with E-state index in [0.29, 0.717) is 22.4 Å². The van der Waals surface area contributed by atoms with Gasteiger partial charge in [0.1, 0.15) is 5.75 Å². The van der Waals surface area contributed by atoms with E-state index in [0.717, 1.165) is 19.3 Å². The van der Waals surface area contributed by atoms with Crippen LogP contribution in [0.2, 0.25) is 0 Å². The number of benzene rings is 1. The number of nitrogen functional groups attached to an aromatic ring is 1. The minimum Gasteiger partial charge on any atom is -0.497 e. The third-order valence-corrected chi connectivity index (χ3v) is 4.05. The molecule has 0 aromatic heterocycles. The molecule has 110 valence electrons. The number of methoxy groups -OCH3 is 1. The molecule has 1 aliphatic carbocycles. The Hall–Kier alpha value is -1.71. The number of amides is 1. The summed E-state index contributed by atoms with van der Waals surface area (Å²) in [6, 6.07) is 5.39. The number of nitrogens with two attached hydrogens (primary N) is 1. The number of ether oxygens (including phenoxy) is 1. The molecule has 20 heavy (non-hydrogen) atoms. The average molecular weight is 276 g/mol. The summed E-state index contributed by atoms with van der Waals surface area (Å²) in [6.07, 6.45) is 4.44. The molecule has 3 N–H and O–H groups in total. The van der Waals surface area contributed by atoms with E-state index in [1.165, 1.54) is 6.42 Å². The van der Waals surface area contributed by atoms with Crippen LogP contribution in [0.1, 0.15) is 49.9 Å². The van der Waals surface area contributed by atoms with Gasteiger partial charge in [-0.1, -0.05) is 20.3 Å². The molecule has 1 fully saturated rings. The molecular formula is C16H24N2O2. The maximum absolute atomic E-state index is 12.4. The Balaban J connectivity index is 2.08. The van der Waals surface area contributed by atoms with E-state index < -0.39 is 0 Å². The van der Waals surface area contributed by atoms with Crippen LogP contribution < -0.4 is 15.8 Å². The van der Waals surface area contributed by atoms with Crippen LogP contribution in [-0.2, 0) is 0 Å². The van der Waals surface area contributed by atoms with Gasteiger partial charge in [0.25, 0.3) is 5.91 Å². The van der Waals surface area contributed by atoms with E-state index in [2.05, 4.69) is 19.2 Å². The number of carbonyl (C=O) groups is 1. The van der Waals surface area contributed by atoms with Crippen LogP contribution in [-0.4, -0.2) is 19.1 Å². The van der Waals surface area contributed by atoms with E-state index >= 15 is 0 Å². The van der Waals surface area contributed by atoms with Gasteiger partial charge in [0.2, 0.25) is 0 Å². The Morgan fingerprint density at radius 2 is 2.20 bits per heavy atom. The molecule has 0 heterocycles. The number of anilines is 1. The molecule has 0 spiro atoms. The van der Waals surface area contributed by atoms with Crippen molar-refractivity contribution in [2.75, 3.05) is 12.8 Å². The fourth-order valence-electron chi connectivity index (χ4n) is 2.94. The normalized spacial score (nSPS) is 21.2. The number of carbonyl (C=O) groups excluding carboxylic acids is 1. The fraction of sp³-hybridized carbons (Fsp3) is 0.562. The van der Waals surface area contributed by atoms with Crippen molar-refractivity contribution in [3.05, 3.63) is 23.8 Å². The van der Waals surface area contributed by atoms with E-state index in [1.54, 1.807) is 25.3 Å². The van der Waals surface area contributed by atoms with Gasteiger partial charge in [-0.2, -0.15) is 0 Å². The summed E-state index contributed by atoms with van der Waals surface area (Å²) >= 11 is 0. The molecule has 1 aliphatic rings. The molecule has 1 saturated carbocycles. The second-order valence-electron chi connectivity index (χ2n) is 6.38. The Bertz CT molecular complexity index is 497. The molecule has 0 saturated heterocycles. The highest BCUT2D eigenvalue weighted by atomic mass is 16.5. The quantitative estimate of drug-likeness (QED) is 0.834. The topological polar surface area (TPSA) is 64.3 Å². The highest BCUT2D eigenvalue weighted by Gasteiger charge is 2.29. The SMILES string of the molecule is COc1ccc(N)c(C(=O)NC2CCCC(C)(C)C2)c1. The average Bonchev–Trinajstić information content (AvgIpc) is 2.38. The summed E-state index contributed by atoms with van der Waals surface area (Å²) in [5.41, 5.74) is 7.17.